The van der Waals surface area contributed by atoms with E-state index in [0.29, 0.717) is 11.3 Å². The van der Waals surface area contributed by atoms with Crippen molar-refractivity contribution in [2.24, 2.45) is 40.4 Å². The third kappa shape index (κ3) is 3.09. The molecule has 0 bridgehead atoms. The number of hydrogen-bond donors (Lipinski definition) is 3. The Bertz CT molecular complexity index is 693. The number of fused-ring (bicyclic) bond motifs is 5. The summed E-state index contributed by atoms with van der Waals surface area (Å²) in [6.45, 7) is 10.6. The van der Waals surface area contributed by atoms with Crippen LogP contribution < -0.4 is 5.32 Å². The molecule has 0 aromatic heterocycles. The van der Waals surface area contributed by atoms with E-state index in [4.69, 9.17) is 0 Å². The van der Waals surface area contributed by atoms with Gasteiger partial charge in [-0.1, -0.05) is 32.4 Å². The third-order valence-electron chi connectivity index (χ3n) is 11.1. The predicted octanol–water partition coefficient (Wildman–Crippen LogP) is 5.07. The Balaban J connectivity index is 1.39. The van der Waals surface area contributed by atoms with E-state index >= 15 is 0 Å². The number of aliphatic hydroxyl groups excluding tert-OH is 1. The van der Waals surface area contributed by atoms with Crippen molar-refractivity contribution < 1.29 is 10.2 Å². The minimum Gasteiger partial charge on any atom is -0.393 e. The molecule has 0 spiro atoms. The maximum atomic E-state index is 11.9. The summed E-state index contributed by atoms with van der Waals surface area (Å²) < 4.78 is 0. The predicted molar refractivity (Wildman–Crippen MR) is 122 cm³/mol. The fraction of sp³-hybridized carbons (Fsp3) is 0.926. The molecule has 1 aliphatic heterocycles. The van der Waals surface area contributed by atoms with Crippen LogP contribution in [0.1, 0.15) is 91.9 Å². The first-order valence-corrected chi connectivity index (χ1v) is 13.0. The molecule has 3 nitrogen and oxygen atoms in total. The van der Waals surface area contributed by atoms with E-state index in [9.17, 15) is 10.2 Å². The van der Waals surface area contributed by atoms with Crippen LogP contribution >= 0.6 is 0 Å². The monoisotopic (exact) mass is 415 g/mol. The molecular formula is C27H45NO2. The third-order valence-corrected chi connectivity index (χ3v) is 11.1. The normalized spacial score (nSPS) is 53.1. The van der Waals surface area contributed by atoms with E-state index in [1.54, 1.807) is 5.57 Å². The summed E-state index contributed by atoms with van der Waals surface area (Å²) >= 11 is 0. The van der Waals surface area contributed by atoms with E-state index in [-0.39, 0.29) is 17.6 Å². The van der Waals surface area contributed by atoms with Crippen LogP contribution in [-0.2, 0) is 0 Å². The molecule has 0 amide bonds. The van der Waals surface area contributed by atoms with E-state index in [1.807, 2.05) is 0 Å². The fourth-order valence-electron chi connectivity index (χ4n) is 9.34. The zero-order chi connectivity index (χ0) is 21.3. The SMILES string of the molecule is C[C@@H]1CC[C@@H]([C@](C)(O)[C@H]2CC[C@H]3[C@H]4CC=C5C[C@@H](O)CC[C@]5(C)[C@@H]4CC[C@]23C)NC1. The minimum absolute atomic E-state index is 0.119. The molecule has 30 heavy (non-hydrogen) atoms. The average molecular weight is 416 g/mol. The second-order valence-electron chi connectivity index (χ2n) is 12.7. The van der Waals surface area contributed by atoms with Crippen LogP contribution in [0.3, 0.4) is 0 Å². The molecule has 3 N–H and O–H groups in total. The van der Waals surface area contributed by atoms with Crippen LogP contribution in [0.2, 0.25) is 0 Å². The van der Waals surface area contributed by atoms with Gasteiger partial charge in [0.2, 0.25) is 0 Å². The number of rotatable bonds is 2. The second kappa shape index (κ2) is 7.32. The van der Waals surface area contributed by atoms with Gasteiger partial charge < -0.3 is 15.5 Å². The molecule has 0 aromatic rings. The highest BCUT2D eigenvalue weighted by molar-refractivity contribution is 5.25. The molecule has 170 valence electrons. The number of hydrogen-bond acceptors (Lipinski definition) is 3. The number of nitrogens with one attached hydrogen (secondary N) is 1. The van der Waals surface area contributed by atoms with Gasteiger partial charge in [0, 0.05) is 6.04 Å². The van der Waals surface area contributed by atoms with E-state index in [2.05, 4.69) is 39.1 Å². The zero-order valence-corrected chi connectivity index (χ0v) is 19.8. The lowest BCUT2D eigenvalue weighted by molar-refractivity contribution is -0.119. The van der Waals surface area contributed by atoms with Gasteiger partial charge in [-0.15, -0.1) is 0 Å². The Kier molecular flexibility index (Phi) is 5.24. The van der Waals surface area contributed by atoms with Gasteiger partial charge in [0.15, 0.2) is 0 Å². The van der Waals surface area contributed by atoms with Crippen molar-refractivity contribution in [1.29, 1.82) is 0 Å². The Morgan fingerprint density at radius 1 is 1.03 bits per heavy atom. The van der Waals surface area contributed by atoms with Crippen LogP contribution in [-0.4, -0.2) is 34.5 Å². The maximum Gasteiger partial charge on any atom is 0.0805 e. The molecule has 3 saturated carbocycles. The van der Waals surface area contributed by atoms with Crippen molar-refractivity contribution in [3.05, 3.63) is 11.6 Å². The van der Waals surface area contributed by atoms with Gasteiger partial charge in [0.05, 0.1) is 11.7 Å². The number of piperidine rings is 1. The first-order chi connectivity index (χ1) is 14.2. The highest BCUT2D eigenvalue weighted by Gasteiger charge is 2.62. The zero-order valence-electron chi connectivity index (χ0n) is 19.8. The van der Waals surface area contributed by atoms with E-state index in [1.165, 1.54) is 38.5 Å². The first-order valence-electron chi connectivity index (χ1n) is 13.0. The van der Waals surface area contributed by atoms with E-state index in [0.717, 1.165) is 55.9 Å². The molecule has 0 aromatic carbocycles. The smallest absolute Gasteiger partial charge is 0.0805 e. The largest absolute Gasteiger partial charge is 0.393 e. The molecule has 5 rings (SSSR count). The van der Waals surface area contributed by atoms with Crippen LogP contribution in [0.5, 0.6) is 0 Å². The quantitative estimate of drug-likeness (QED) is 0.552. The lowest BCUT2D eigenvalue weighted by Crippen LogP contribution is -2.60. The molecular weight excluding hydrogens is 370 g/mol. The number of aliphatic hydroxyl groups is 2. The molecule has 1 heterocycles. The van der Waals surface area contributed by atoms with Crippen molar-refractivity contribution in [2.75, 3.05) is 6.54 Å². The highest BCUT2D eigenvalue weighted by atomic mass is 16.3. The van der Waals surface area contributed by atoms with Crippen LogP contribution in [0.15, 0.2) is 11.6 Å². The van der Waals surface area contributed by atoms with Gasteiger partial charge in [0.25, 0.3) is 0 Å². The average Bonchev–Trinajstić information content (AvgIpc) is 3.07. The molecule has 1 saturated heterocycles. The van der Waals surface area contributed by atoms with Gasteiger partial charge in [-0.3, -0.25) is 0 Å². The molecule has 4 aliphatic carbocycles. The Labute approximate surface area is 184 Å². The first kappa shape index (κ1) is 21.5. The standard InChI is InChI=1S/C27H45NO2/c1-17-5-10-24(28-16-17)27(4,30)23-9-8-21-20-7-6-18-15-19(29)11-13-25(18,2)22(20)12-14-26(21,23)3/h6,17,19-24,28-30H,5,7-16H2,1-4H3/t17-,19+,20-,21+,22-,23+,24+,25+,26+,27-/m1/s1. The lowest BCUT2D eigenvalue weighted by atomic mass is 9.46. The number of allylic oxidation sites excluding steroid dienone is 1. The van der Waals surface area contributed by atoms with Crippen molar-refractivity contribution in [3.63, 3.8) is 0 Å². The Morgan fingerprint density at radius 2 is 1.83 bits per heavy atom. The van der Waals surface area contributed by atoms with Gasteiger partial charge in [0.1, 0.15) is 0 Å². The highest BCUT2D eigenvalue weighted by Crippen LogP contribution is 2.67. The van der Waals surface area contributed by atoms with Crippen molar-refractivity contribution in [3.8, 4) is 0 Å². The Morgan fingerprint density at radius 3 is 2.57 bits per heavy atom. The molecule has 0 radical (unpaired) electrons. The summed E-state index contributed by atoms with van der Waals surface area (Å²) in [7, 11) is 0. The maximum absolute atomic E-state index is 11.9. The molecule has 4 fully saturated rings. The van der Waals surface area contributed by atoms with Gasteiger partial charge in [-0.2, -0.15) is 0 Å². The second-order valence-corrected chi connectivity index (χ2v) is 12.7. The molecule has 3 heteroatoms. The fourth-order valence-corrected chi connectivity index (χ4v) is 9.34. The van der Waals surface area contributed by atoms with Gasteiger partial charge in [-0.05, 0) is 118 Å². The van der Waals surface area contributed by atoms with Crippen molar-refractivity contribution in [2.45, 2.75) is 110 Å². The van der Waals surface area contributed by atoms with E-state index < -0.39 is 5.60 Å². The summed E-state index contributed by atoms with van der Waals surface area (Å²) in [4.78, 5) is 0. The van der Waals surface area contributed by atoms with Crippen LogP contribution in [0.25, 0.3) is 0 Å². The summed E-state index contributed by atoms with van der Waals surface area (Å²) in [5.74, 6) is 3.44. The summed E-state index contributed by atoms with van der Waals surface area (Å²) in [5.41, 5.74) is 1.54. The van der Waals surface area contributed by atoms with Gasteiger partial charge in [-0.25, -0.2) is 0 Å². The molecule has 10 atom stereocenters. The topological polar surface area (TPSA) is 52.5 Å². The van der Waals surface area contributed by atoms with Gasteiger partial charge >= 0.3 is 0 Å². The summed E-state index contributed by atoms with van der Waals surface area (Å²) in [5, 5.41) is 25.8. The van der Waals surface area contributed by atoms with Crippen molar-refractivity contribution >= 4 is 0 Å². The molecule has 5 aliphatic rings. The van der Waals surface area contributed by atoms with Crippen LogP contribution in [0, 0.1) is 40.4 Å². The lowest BCUT2D eigenvalue weighted by Gasteiger charge is -2.59. The summed E-state index contributed by atoms with van der Waals surface area (Å²) in [6, 6.07) is 0.252. The minimum atomic E-state index is -0.606. The summed E-state index contributed by atoms with van der Waals surface area (Å²) in [6.07, 6.45) is 14.1. The van der Waals surface area contributed by atoms with Crippen LogP contribution in [0.4, 0.5) is 0 Å². The van der Waals surface area contributed by atoms with Crippen molar-refractivity contribution in [1.82, 2.24) is 5.32 Å². The Hall–Kier alpha value is -0.380. The molecule has 0 unspecified atom stereocenters.